The lowest BCUT2D eigenvalue weighted by molar-refractivity contribution is -0.158. The number of hydrogen-bond acceptors (Lipinski definition) is 8. The minimum Gasteiger partial charge on any atom is -0.453 e. The van der Waals surface area contributed by atoms with E-state index in [1.54, 1.807) is 0 Å². The fourth-order valence-electron chi connectivity index (χ4n) is 7.97. The maximum Gasteiger partial charge on any atom is 0.323 e. The molecule has 2 fully saturated rings. The van der Waals surface area contributed by atoms with E-state index < -0.39 is 12.2 Å². The number of hydrogen-bond donors (Lipinski definition) is 2. The standard InChI is InChI=1S/C50H66N2O6/c1-33(19-13-21-35(3)25-27-39-37(5)45(53)43(31-49(39,7)8)57-47(55)41-23-15-29-51-41)17-11-12-18-34(2)20-14-22-36(4)26-28-40-38(6)46(54)44(32-50(40,9)10)58-48(56)42-24-16-30-52-42/h11-14,17-22,25-28,41-44,51-52H,15-16,23-24,29-32H2,1-10H3/b12-11+,19-13+,20-14+,27-25+,28-26+,33-17+,34-18+,35-21+,36-22+. The molecule has 0 amide bonds. The van der Waals surface area contributed by atoms with Gasteiger partial charge in [0, 0.05) is 12.8 Å². The summed E-state index contributed by atoms with van der Waals surface area (Å²) in [6.07, 6.45) is 31.3. The van der Waals surface area contributed by atoms with E-state index in [1.807, 2.05) is 88.5 Å². The lowest BCUT2D eigenvalue weighted by atomic mass is 9.71. The van der Waals surface area contributed by atoms with Crippen LogP contribution in [0, 0.1) is 10.8 Å². The molecule has 0 spiro atoms. The molecule has 8 nitrogen and oxygen atoms in total. The van der Waals surface area contributed by atoms with E-state index in [4.69, 9.17) is 9.47 Å². The largest absolute Gasteiger partial charge is 0.453 e. The first kappa shape index (κ1) is 46.0. The lowest BCUT2D eigenvalue weighted by Crippen LogP contribution is -2.42. The van der Waals surface area contributed by atoms with Gasteiger partial charge in [-0.1, -0.05) is 135 Å². The van der Waals surface area contributed by atoms with Gasteiger partial charge in [-0.2, -0.15) is 0 Å². The van der Waals surface area contributed by atoms with Crippen molar-refractivity contribution < 1.29 is 28.7 Å². The zero-order valence-electron chi connectivity index (χ0n) is 36.5. The Kier molecular flexibility index (Phi) is 16.5. The van der Waals surface area contributed by atoms with Crippen molar-refractivity contribution in [2.24, 2.45) is 10.8 Å². The first-order chi connectivity index (χ1) is 27.4. The van der Waals surface area contributed by atoms with E-state index >= 15 is 0 Å². The summed E-state index contributed by atoms with van der Waals surface area (Å²) in [4.78, 5) is 51.5. The molecule has 58 heavy (non-hydrogen) atoms. The van der Waals surface area contributed by atoms with E-state index in [0.29, 0.717) is 24.0 Å². The zero-order valence-corrected chi connectivity index (χ0v) is 36.5. The van der Waals surface area contributed by atoms with Crippen LogP contribution in [-0.4, -0.2) is 60.9 Å². The molecule has 0 bridgehead atoms. The molecule has 4 rings (SSSR count). The predicted octanol–water partition coefficient (Wildman–Crippen LogP) is 9.51. The minimum absolute atomic E-state index is 0.112. The Hall–Kier alpha value is -4.66. The van der Waals surface area contributed by atoms with Gasteiger partial charge in [0.2, 0.25) is 0 Å². The third kappa shape index (κ3) is 12.9. The molecule has 2 heterocycles. The van der Waals surface area contributed by atoms with Crippen LogP contribution in [0.25, 0.3) is 0 Å². The van der Waals surface area contributed by atoms with Crippen LogP contribution in [0.2, 0.25) is 0 Å². The Morgan fingerprint density at radius 3 is 1.26 bits per heavy atom. The first-order valence-corrected chi connectivity index (χ1v) is 20.9. The molecule has 0 aromatic heterocycles. The highest BCUT2D eigenvalue weighted by Crippen LogP contribution is 2.42. The monoisotopic (exact) mass is 790 g/mol. The van der Waals surface area contributed by atoms with Crippen molar-refractivity contribution >= 4 is 23.5 Å². The van der Waals surface area contributed by atoms with Crippen LogP contribution in [0.5, 0.6) is 0 Å². The van der Waals surface area contributed by atoms with Gasteiger partial charge in [-0.15, -0.1) is 0 Å². The van der Waals surface area contributed by atoms with Gasteiger partial charge < -0.3 is 20.1 Å². The molecule has 4 unspecified atom stereocenters. The number of ketones is 2. The second-order valence-corrected chi connectivity index (χ2v) is 17.5. The summed E-state index contributed by atoms with van der Waals surface area (Å²) in [6.45, 7) is 21.8. The highest BCUT2D eigenvalue weighted by molar-refractivity contribution is 6.02. The average Bonchev–Trinajstić information content (AvgIpc) is 3.90. The summed E-state index contributed by atoms with van der Waals surface area (Å²) in [5.41, 5.74) is 6.94. The minimum atomic E-state index is -0.741. The Labute approximate surface area is 347 Å². The predicted molar refractivity (Wildman–Crippen MR) is 235 cm³/mol. The van der Waals surface area contributed by atoms with Crippen molar-refractivity contribution in [3.63, 3.8) is 0 Å². The Balaban J connectivity index is 1.27. The van der Waals surface area contributed by atoms with Crippen LogP contribution < -0.4 is 10.6 Å². The van der Waals surface area contributed by atoms with Crippen LogP contribution in [0.3, 0.4) is 0 Å². The molecule has 2 saturated heterocycles. The molecule has 0 aromatic carbocycles. The first-order valence-electron chi connectivity index (χ1n) is 20.9. The number of Topliss-reactive ketones (excluding diaryl/α,β-unsaturated/α-hetero) is 2. The topological polar surface area (TPSA) is 111 Å². The maximum absolute atomic E-state index is 13.2. The number of ether oxygens (including phenoxy) is 2. The molecular weight excluding hydrogens is 725 g/mol. The van der Waals surface area contributed by atoms with Crippen molar-refractivity contribution in [2.75, 3.05) is 13.1 Å². The maximum atomic E-state index is 13.2. The third-order valence-corrected chi connectivity index (χ3v) is 11.5. The summed E-state index contributed by atoms with van der Waals surface area (Å²) in [5, 5.41) is 6.31. The lowest BCUT2D eigenvalue weighted by Gasteiger charge is -2.36. The summed E-state index contributed by atoms with van der Waals surface area (Å²) in [6, 6.07) is -0.621. The molecule has 0 saturated carbocycles. The Morgan fingerprint density at radius 1 is 0.569 bits per heavy atom. The molecule has 0 radical (unpaired) electrons. The van der Waals surface area contributed by atoms with Crippen LogP contribution in [0.15, 0.2) is 130 Å². The van der Waals surface area contributed by atoms with Gasteiger partial charge in [-0.3, -0.25) is 19.2 Å². The molecular formula is C50H66N2O6. The Bertz CT molecular complexity index is 1790. The molecule has 2 N–H and O–H groups in total. The molecule has 8 heteroatoms. The van der Waals surface area contributed by atoms with Crippen LogP contribution in [-0.2, 0) is 28.7 Å². The summed E-state index contributed by atoms with van der Waals surface area (Å²) >= 11 is 0. The number of rotatable bonds is 14. The number of esters is 2. The van der Waals surface area contributed by atoms with Crippen LogP contribution >= 0.6 is 0 Å². The fourth-order valence-corrected chi connectivity index (χ4v) is 7.97. The highest BCUT2D eigenvalue weighted by atomic mass is 16.6. The van der Waals surface area contributed by atoms with Crippen molar-refractivity contribution in [1.82, 2.24) is 10.6 Å². The van der Waals surface area contributed by atoms with Crippen molar-refractivity contribution in [1.29, 1.82) is 0 Å². The normalized spacial score (nSPS) is 26.5. The van der Waals surface area contributed by atoms with Gasteiger partial charge in [0.05, 0.1) is 0 Å². The molecule has 2 aliphatic carbocycles. The van der Waals surface area contributed by atoms with Gasteiger partial charge in [-0.25, -0.2) is 0 Å². The Morgan fingerprint density at radius 2 is 0.914 bits per heavy atom. The quantitative estimate of drug-likeness (QED) is 0.132. The number of carbonyl (C=O) groups is 4. The van der Waals surface area contributed by atoms with E-state index in [9.17, 15) is 19.2 Å². The number of carbonyl (C=O) groups excluding carboxylic acids is 4. The SMILES string of the molecule is CC1=C(/C=C/C(C)=C/C=C/C(C)=C/C=C/C=C(C)/C=C/C=C(C)/C=C/C2=C(C)C(=O)C(OC(=O)C3CCCN3)CC2(C)C)C(C)(C)CC(OC(=O)C2CCCN2)C1=O. The zero-order chi connectivity index (χ0) is 42.6. The molecule has 2 aliphatic heterocycles. The van der Waals surface area contributed by atoms with Crippen molar-refractivity contribution in [3.05, 3.63) is 130 Å². The molecule has 4 atom stereocenters. The molecule has 4 aliphatic rings. The highest BCUT2D eigenvalue weighted by Gasteiger charge is 2.42. The summed E-state index contributed by atoms with van der Waals surface area (Å²) < 4.78 is 11.4. The van der Waals surface area contributed by atoms with Gasteiger partial charge in [0.25, 0.3) is 0 Å². The second kappa shape index (κ2) is 20.9. The van der Waals surface area contributed by atoms with Gasteiger partial charge in [0.1, 0.15) is 12.1 Å². The van der Waals surface area contributed by atoms with E-state index in [1.165, 1.54) is 0 Å². The van der Waals surface area contributed by atoms with Crippen LogP contribution in [0.1, 0.15) is 108 Å². The van der Waals surface area contributed by atoms with Gasteiger partial charge >= 0.3 is 11.9 Å². The summed E-state index contributed by atoms with van der Waals surface area (Å²) in [5.74, 6) is -0.870. The van der Waals surface area contributed by atoms with Crippen LogP contribution in [0.4, 0.5) is 0 Å². The van der Waals surface area contributed by atoms with Gasteiger partial charge in [0.15, 0.2) is 23.8 Å². The smallest absolute Gasteiger partial charge is 0.323 e. The average molecular weight is 791 g/mol. The fraction of sp³-hybridized carbons (Fsp3) is 0.480. The second-order valence-electron chi connectivity index (χ2n) is 17.5. The summed E-state index contributed by atoms with van der Waals surface area (Å²) in [7, 11) is 0. The third-order valence-electron chi connectivity index (χ3n) is 11.5. The van der Waals surface area contributed by atoms with E-state index in [2.05, 4.69) is 76.5 Å². The number of nitrogens with one attached hydrogen (secondary N) is 2. The van der Waals surface area contributed by atoms with Crippen molar-refractivity contribution in [3.8, 4) is 0 Å². The van der Waals surface area contributed by atoms with Gasteiger partial charge in [-0.05, 0) is 113 Å². The molecule has 0 aromatic rings. The number of allylic oxidation sites excluding steroid dienone is 20. The van der Waals surface area contributed by atoms with Crippen molar-refractivity contribution in [2.45, 2.75) is 132 Å². The van der Waals surface area contributed by atoms with E-state index in [0.717, 1.165) is 72.2 Å². The molecule has 312 valence electrons. The van der Waals surface area contributed by atoms with E-state index in [-0.39, 0.29) is 46.4 Å².